The number of hydrogen-bond donors (Lipinski definition) is 1. The van der Waals surface area contributed by atoms with Gasteiger partial charge in [0.2, 0.25) is 0 Å². The molecular formula is C5H6F3NO2. The third-order valence-electron chi connectivity index (χ3n) is 0.801. The Morgan fingerprint density at radius 3 is 2.09 bits per heavy atom. The van der Waals surface area contributed by atoms with Gasteiger partial charge in [-0.15, -0.1) is 0 Å². The van der Waals surface area contributed by atoms with Gasteiger partial charge in [0.15, 0.2) is 0 Å². The van der Waals surface area contributed by atoms with Crippen molar-refractivity contribution in [3.63, 3.8) is 0 Å². The lowest BCUT2D eigenvalue weighted by molar-refractivity contribution is -0.175. The third-order valence-corrected chi connectivity index (χ3v) is 0.801. The van der Waals surface area contributed by atoms with Crippen LogP contribution in [-0.2, 0) is 9.59 Å². The summed E-state index contributed by atoms with van der Waals surface area (Å²) in [6.07, 6.45) is -5.07. The number of alkyl halides is 3. The number of Topliss-reactive ketones (excluding diaryl/α,β-unsaturated/α-hetero) is 1. The minimum atomic E-state index is -5.07. The smallest absolute Gasteiger partial charge is 0.349 e. The predicted molar refractivity (Wildman–Crippen MR) is 29.7 cm³/mol. The molecule has 6 heteroatoms. The van der Waals surface area contributed by atoms with Gasteiger partial charge >= 0.3 is 12.0 Å². The van der Waals surface area contributed by atoms with E-state index in [9.17, 15) is 22.8 Å². The molecule has 0 aliphatic rings. The summed E-state index contributed by atoms with van der Waals surface area (Å²) in [5.74, 6) is -3.97. The molecule has 0 atom stereocenters. The van der Waals surface area contributed by atoms with Crippen LogP contribution in [0.1, 0.15) is 6.92 Å². The van der Waals surface area contributed by atoms with Crippen molar-refractivity contribution < 1.29 is 22.8 Å². The molecule has 0 aromatic heterocycles. The minimum absolute atomic E-state index is 0.000648. The molecule has 1 N–H and O–H groups in total. The maximum absolute atomic E-state index is 11.4. The first-order chi connectivity index (χ1) is 4.89. The molecule has 0 bridgehead atoms. The van der Waals surface area contributed by atoms with Crippen molar-refractivity contribution in [2.75, 3.05) is 6.54 Å². The second-order valence-electron chi connectivity index (χ2n) is 1.69. The standard InChI is InChI=1S/C5H6F3NO2/c1-2-9-4(11)3(10)5(6,7)8/h2H2,1H3,(H,9,11). The van der Waals surface area contributed by atoms with Gasteiger partial charge < -0.3 is 5.32 Å². The Balaban J connectivity index is 4.15. The molecule has 64 valence electrons. The van der Waals surface area contributed by atoms with E-state index >= 15 is 0 Å². The first kappa shape index (κ1) is 9.93. The van der Waals surface area contributed by atoms with E-state index < -0.39 is 17.9 Å². The van der Waals surface area contributed by atoms with Crippen LogP contribution in [0.3, 0.4) is 0 Å². The molecule has 1 amide bonds. The maximum Gasteiger partial charge on any atom is 0.460 e. The fourth-order valence-electron chi connectivity index (χ4n) is 0.370. The van der Waals surface area contributed by atoms with Crippen molar-refractivity contribution in [2.45, 2.75) is 13.1 Å². The lowest BCUT2D eigenvalue weighted by Gasteiger charge is -2.03. The molecule has 0 rings (SSSR count). The Labute approximate surface area is 60.6 Å². The van der Waals surface area contributed by atoms with E-state index in [2.05, 4.69) is 0 Å². The van der Waals surface area contributed by atoms with Gasteiger partial charge in [-0.05, 0) is 6.92 Å². The Bertz CT molecular complexity index is 175. The van der Waals surface area contributed by atoms with Gasteiger partial charge in [0, 0.05) is 6.54 Å². The van der Waals surface area contributed by atoms with Crippen molar-refractivity contribution in [1.29, 1.82) is 0 Å². The number of likely N-dealkylation sites (N-methyl/N-ethyl adjacent to an activating group) is 1. The van der Waals surface area contributed by atoms with Gasteiger partial charge in [-0.2, -0.15) is 13.2 Å². The van der Waals surface area contributed by atoms with E-state index in [1.54, 1.807) is 5.32 Å². The molecule has 0 unspecified atom stereocenters. The number of ketones is 1. The highest BCUT2D eigenvalue weighted by Crippen LogP contribution is 2.15. The van der Waals surface area contributed by atoms with Crippen molar-refractivity contribution in [1.82, 2.24) is 5.32 Å². The van der Waals surface area contributed by atoms with E-state index in [0.29, 0.717) is 0 Å². The van der Waals surface area contributed by atoms with Crippen LogP contribution in [0, 0.1) is 0 Å². The predicted octanol–water partition coefficient (Wildman–Crippen LogP) is 0.254. The zero-order valence-corrected chi connectivity index (χ0v) is 5.66. The van der Waals surface area contributed by atoms with Crippen LogP contribution in [0.25, 0.3) is 0 Å². The van der Waals surface area contributed by atoms with Crippen LogP contribution in [0.5, 0.6) is 0 Å². The van der Waals surface area contributed by atoms with Crippen molar-refractivity contribution in [3.8, 4) is 0 Å². The number of amides is 1. The number of carbonyl (C=O) groups is 2. The summed E-state index contributed by atoms with van der Waals surface area (Å²) in [7, 11) is 0. The molecule has 0 saturated carbocycles. The summed E-state index contributed by atoms with van der Waals surface area (Å²) < 4.78 is 34.2. The highest BCUT2D eigenvalue weighted by atomic mass is 19.4. The molecule has 0 aliphatic carbocycles. The highest BCUT2D eigenvalue weighted by molar-refractivity contribution is 6.38. The molecule has 0 fully saturated rings. The zero-order valence-electron chi connectivity index (χ0n) is 5.66. The van der Waals surface area contributed by atoms with Crippen molar-refractivity contribution >= 4 is 11.7 Å². The summed E-state index contributed by atoms with van der Waals surface area (Å²) in [5.41, 5.74) is 0. The van der Waals surface area contributed by atoms with Crippen molar-refractivity contribution in [2.24, 2.45) is 0 Å². The van der Waals surface area contributed by atoms with Gasteiger partial charge in [-0.25, -0.2) is 0 Å². The molecule has 0 saturated heterocycles. The van der Waals surface area contributed by atoms with Gasteiger partial charge in [-0.3, -0.25) is 9.59 Å². The van der Waals surface area contributed by atoms with Gasteiger partial charge in [0.25, 0.3) is 5.91 Å². The topological polar surface area (TPSA) is 46.2 Å². The van der Waals surface area contributed by atoms with Gasteiger partial charge in [0.1, 0.15) is 0 Å². The van der Waals surface area contributed by atoms with Crippen LogP contribution in [0.4, 0.5) is 13.2 Å². The lowest BCUT2D eigenvalue weighted by Crippen LogP contribution is -2.39. The number of rotatable bonds is 2. The summed E-state index contributed by atoms with van der Waals surface area (Å²) in [6.45, 7) is 1.42. The summed E-state index contributed by atoms with van der Waals surface area (Å²) in [5, 5.41) is 1.74. The molecule has 0 aromatic rings. The normalized spacial score (nSPS) is 10.9. The monoisotopic (exact) mass is 169 g/mol. The SMILES string of the molecule is CCNC(=O)C(=O)C(F)(F)F. The third kappa shape index (κ3) is 3.01. The Kier molecular flexibility index (Phi) is 3.03. The van der Waals surface area contributed by atoms with E-state index in [1.165, 1.54) is 6.92 Å². The first-order valence-electron chi connectivity index (χ1n) is 2.79. The van der Waals surface area contributed by atoms with Crippen LogP contribution in [-0.4, -0.2) is 24.4 Å². The average Bonchev–Trinajstić information content (AvgIpc) is 1.85. The second-order valence-corrected chi connectivity index (χ2v) is 1.69. The molecular weight excluding hydrogens is 163 g/mol. The molecule has 11 heavy (non-hydrogen) atoms. The average molecular weight is 169 g/mol. The van der Waals surface area contributed by atoms with E-state index in [1.807, 2.05) is 0 Å². The van der Waals surface area contributed by atoms with E-state index in [0.717, 1.165) is 0 Å². The van der Waals surface area contributed by atoms with Crippen LogP contribution in [0.15, 0.2) is 0 Å². The van der Waals surface area contributed by atoms with Gasteiger partial charge in [-0.1, -0.05) is 0 Å². The summed E-state index contributed by atoms with van der Waals surface area (Å²) in [6, 6.07) is 0. The number of nitrogens with one attached hydrogen (secondary N) is 1. The zero-order chi connectivity index (χ0) is 9.07. The van der Waals surface area contributed by atoms with E-state index in [-0.39, 0.29) is 6.54 Å². The molecule has 0 radical (unpaired) electrons. The molecule has 0 aliphatic heterocycles. The van der Waals surface area contributed by atoms with Crippen LogP contribution in [0.2, 0.25) is 0 Å². The first-order valence-corrected chi connectivity index (χ1v) is 2.79. The number of hydrogen-bond acceptors (Lipinski definition) is 2. The maximum atomic E-state index is 11.4. The fourth-order valence-corrected chi connectivity index (χ4v) is 0.370. The number of carbonyl (C=O) groups excluding carboxylic acids is 2. The molecule has 3 nitrogen and oxygen atoms in total. The molecule has 0 heterocycles. The Hall–Kier alpha value is -1.07. The highest BCUT2D eigenvalue weighted by Gasteiger charge is 2.43. The molecule has 0 aromatic carbocycles. The van der Waals surface area contributed by atoms with E-state index in [4.69, 9.17) is 0 Å². The summed E-state index contributed by atoms with van der Waals surface area (Å²) >= 11 is 0. The van der Waals surface area contributed by atoms with Crippen molar-refractivity contribution in [3.05, 3.63) is 0 Å². The summed E-state index contributed by atoms with van der Waals surface area (Å²) in [4.78, 5) is 20.2. The number of halogens is 3. The Morgan fingerprint density at radius 2 is 1.82 bits per heavy atom. The Morgan fingerprint density at radius 1 is 1.36 bits per heavy atom. The van der Waals surface area contributed by atoms with Crippen LogP contribution < -0.4 is 5.32 Å². The molecule has 0 spiro atoms. The minimum Gasteiger partial charge on any atom is -0.349 e. The van der Waals surface area contributed by atoms with Gasteiger partial charge in [0.05, 0.1) is 0 Å². The fraction of sp³-hybridized carbons (Fsp3) is 0.600. The second kappa shape index (κ2) is 3.36. The lowest BCUT2D eigenvalue weighted by atomic mass is 10.3. The largest absolute Gasteiger partial charge is 0.460 e. The quantitative estimate of drug-likeness (QED) is 0.602. The van der Waals surface area contributed by atoms with Crippen LogP contribution >= 0.6 is 0 Å².